The lowest BCUT2D eigenvalue weighted by Crippen LogP contribution is -2.41. The monoisotopic (exact) mass is 453 g/mol. The smallest absolute Gasteiger partial charge is 0.227 e. The Balaban J connectivity index is 1.33. The quantitative estimate of drug-likeness (QED) is 0.547. The number of hydrogen-bond donors (Lipinski definition) is 0. The summed E-state index contributed by atoms with van der Waals surface area (Å²) in [5, 5.41) is 4.15. The number of rotatable bonds is 7. The fourth-order valence-corrected chi connectivity index (χ4v) is 6.00. The molecule has 0 bridgehead atoms. The number of carbonyl (C=O) groups excluding carboxylic acids is 1. The average Bonchev–Trinajstić information content (AvgIpc) is 3.14. The van der Waals surface area contributed by atoms with Crippen LogP contribution in [0, 0.1) is 0 Å². The molecule has 5 rings (SSSR count). The lowest BCUT2D eigenvalue weighted by molar-refractivity contribution is -0.132. The molecule has 3 aromatic rings. The van der Waals surface area contributed by atoms with Crippen LogP contribution in [0.2, 0.25) is 0 Å². The number of aromatic nitrogens is 2. The van der Waals surface area contributed by atoms with Gasteiger partial charge in [0.15, 0.2) is 9.84 Å². The number of sulfone groups is 1. The lowest BCUT2D eigenvalue weighted by Gasteiger charge is -2.27. The molecule has 1 aromatic carbocycles. The highest BCUT2D eigenvalue weighted by molar-refractivity contribution is 7.94. The summed E-state index contributed by atoms with van der Waals surface area (Å²) in [6, 6.07) is 11.3. The molecule has 6 nitrogen and oxygen atoms in total. The zero-order chi connectivity index (χ0) is 21.4. The zero-order valence-electron chi connectivity index (χ0n) is 16.9. The maximum atomic E-state index is 13.3. The van der Waals surface area contributed by atoms with Crippen molar-refractivity contribution in [1.29, 1.82) is 0 Å². The average molecular weight is 454 g/mol. The summed E-state index contributed by atoms with van der Waals surface area (Å²) in [4.78, 5) is 19.6. The molecule has 1 saturated carbocycles. The van der Waals surface area contributed by atoms with Gasteiger partial charge in [-0.3, -0.25) is 4.79 Å². The molecule has 2 aromatic heterocycles. The molecule has 1 fully saturated rings. The summed E-state index contributed by atoms with van der Waals surface area (Å²) in [6.45, 7) is 0.336. The van der Waals surface area contributed by atoms with E-state index in [1.807, 2.05) is 53.4 Å². The third-order valence-corrected chi connectivity index (χ3v) is 7.93. The van der Waals surface area contributed by atoms with Crippen molar-refractivity contribution in [3.8, 4) is 5.69 Å². The van der Waals surface area contributed by atoms with E-state index in [1.165, 1.54) is 18.2 Å². The van der Waals surface area contributed by atoms with Crippen molar-refractivity contribution in [2.45, 2.75) is 37.8 Å². The maximum Gasteiger partial charge on any atom is 0.227 e. The normalized spacial score (nSPS) is 19.5. The van der Waals surface area contributed by atoms with Crippen molar-refractivity contribution < 1.29 is 13.2 Å². The Hall–Kier alpha value is -2.71. The van der Waals surface area contributed by atoms with E-state index in [-0.39, 0.29) is 18.1 Å². The van der Waals surface area contributed by atoms with Crippen LogP contribution in [0.25, 0.3) is 5.69 Å². The van der Waals surface area contributed by atoms with Gasteiger partial charge in [-0.25, -0.2) is 13.4 Å². The Morgan fingerprint density at radius 1 is 1.16 bits per heavy atom. The molecule has 160 valence electrons. The molecular weight excluding hydrogens is 430 g/mol. The van der Waals surface area contributed by atoms with E-state index in [0.717, 1.165) is 22.0 Å². The van der Waals surface area contributed by atoms with Crippen LogP contribution in [0.15, 0.2) is 65.7 Å². The minimum Gasteiger partial charge on any atom is -0.328 e. The summed E-state index contributed by atoms with van der Waals surface area (Å²) < 4.78 is 26.0. The first kappa shape index (κ1) is 20.2. The van der Waals surface area contributed by atoms with Crippen LogP contribution in [0.4, 0.5) is 0 Å². The van der Waals surface area contributed by atoms with Crippen LogP contribution in [-0.2, 0) is 27.6 Å². The van der Waals surface area contributed by atoms with Gasteiger partial charge in [-0.1, -0.05) is 12.1 Å². The highest BCUT2D eigenvalue weighted by Crippen LogP contribution is 2.40. The lowest BCUT2D eigenvalue weighted by atomic mass is 10.1. The summed E-state index contributed by atoms with van der Waals surface area (Å²) in [5.41, 5.74) is 3.02. The van der Waals surface area contributed by atoms with Gasteiger partial charge < -0.3 is 9.47 Å². The minimum atomic E-state index is -3.26. The van der Waals surface area contributed by atoms with E-state index in [0.29, 0.717) is 12.5 Å². The second-order valence-electron chi connectivity index (χ2n) is 8.12. The predicted molar refractivity (Wildman–Crippen MR) is 121 cm³/mol. The molecule has 0 N–H and O–H groups in total. The van der Waals surface area contributed by atoms with Crippen LogP contribution >= 0.6 is 11.3 Å². The Kier molecular flexibility index (Phi) is 5.27. The number of carbonyl (C=O) groups is 1. The second kappa shape index (κ2) is 8.09. The molecule has 1 amide bonds. The number of thiazole rings is 1. The number of benzene rings is 1. The SMILES string of the molecule is O=C(Cc1ccc(-n2cccc2)cc1)N(Cc1nc(C2CC2)cs1)[C@@H]1C=CS(=O)(=O)C1. The third kappa shape index (κ3) is 4.65. The van der Waals surface area contributed by atoms with Gasteiger partial charge in [0.2, 0.25) is 5.91 Å². The molecule has 1 aliphatic carbocycles. The summed E-state index contributed by atoms with van der Waals surface area (Å²) in [7, 11) is -3.26. The highest BCUT2D eigenvalue weighted by atomic mass is 32.2. The summed E-state index contributed by atoms with van der Waals surface area (Å²) in [5.74, 6) is 0.398. The van der Waals surface area contributed by atoms with Crippen molar-refractivity contribution in [3.63, 3.8) is 0 Å². The van der Waals surface area contributed by atoms with Gasteiger partial charge in [0.05, 0.1) is 30.5 Å². The van der Waals surface area contributed by atoms with E-state index in [1.54, 1.807) is 22.3 Å². The molecule has 3 heterocycles. The Labute approximate surface area is 185 Å². The van der Waals surface area contributed by atoms with E-state index < -0.39 is 15.9 Å². The van der Waals surface area contributed by atoms with Crippen LogP contribution in [0.3, 0.4) is 0 Å². The molecule has 31 heavy (non-hydrogen) atoms. The molecule has 0 saturated heterocycles. The van der Waals surface area contributed by atoms with Crippen molar-refractivity contribution in [2.24, 2.45) is 0 Å². The van der Waals surface area contributed by atoms with Crippen molar-refractivity contribution in [2.75, 3.05) is 5.75 Å². The predicted octanol–water partition coefficient (Wildman–Crippen LogP) is 3.69. The van der Waals surface area contributed by atoms with Crippen LogP contribution < -0.4 is 0 Å². The van der Waals surface area contributed by atoms with Gasteiger partial charge in [0.25, 0.3) is 0 Å². The largest absolute Gasteiger partial charge is 0.328 e. The molecule has 8 heteroatoms. The van der Waals surface area contributed by atoms with Crippen molar-refractivity contribution in [3.05, 3.63) is 81.9 Å². The molecule has 0 radical (unpaired) electrons. The molecular formula is C23H23N3O3S2. The zero-order valence-corrected chi connectivity index (χ0v) is 18.6. The minimum absolute atomic E-state index is 0.0633. The fourth-order valence-electron chi connectivity index (χ4n) is 3.82. The van der Waals surface area contributed by atoms with E-state index in [9.17, 15) is 13.2 Å². The van der Waals surface area contributed by atoms with Crippen molar-refractivity contribution in [1.82, 2.24) is 14.5 Å². The van der Waals surface area contributed by atoms with Gasteiger partial charge in [-0.05, 0) is 48.7 Å². The first-order chi connectivity index (χ1) is 15.0. The first-order valence-electron chi connectivity index (χ1n) is 10.3. The van der Waals surface area contributed by atoms with Gasteiger partial charge in [0, 0.05) is 34.8 Å². The Bertz CT molecular complexity index is 1210. The van der Waals surface area contributed by atoms with Gasteiger partial charge in [-0.15, -0.1) is 11.3 Å². The first-order valence-corrected chi connectivity index (χ1v) is 12.9. The highest BCUT2D eigenvalue weighted by Gasteiger charge is 2.32. The topological polar surface area (TPSA) is 72.3 Å². The van der Waals surface area contributed by atoms with E-state index >= 15 is 0 Å². The summed E-state index contributed by atoms with van der Waals surface area (Å²) in [6.07, 6.45) is 8.13. The molecule has 2 aliphatic rings. The van der Waals surface area contributed by atoms with Gasteiger partial charge in [-0.2, -0.15) is 0 Å². The maximum absolute atomic E-state index is 13.3. The van der Waals surface area contributed by atoms with Gasteiger partial charge >= 0.3 is 0 Å². The Morgan fingerprint density at radius 3 is 2.55 bits per heavy atom. The van der Waals surface area contributed by atoms with E-state index in [4.69, 9.17) is 4.98 Å². The summed E-state index contributed by atoms with van der Waals surface area (Å²) >= 11 is 1.55. The van der Waals surface area contributed by atoms with Gasteiger partial charge in [0.1, 0.15) is 5.01 Å². The molecule has 1 aliphatic heterocycles. The van der Waals surface area contributed by atoms with Crippen LogP contribution in [-0.4, -0.2) is 40.6 Å². The number of nitrogens with zero attached hydrogens (tertiary/aromatic N) is 3. The van der Waals surface area contributed by atoms with Crippen LogP contribution in [0.1, 0.15) is 35.0 Å². The fraction of sp³-hybridized carbons (Fsp3) is 0.304. The van der Waals surface area contributed by atoms with Crippen LogP contribution in [0.5, 0.6) is 0 Å². The number of hydrogen-bond acceptors (Lipinski definition) is 5. The van der Waals surface area contributed by atoms with Crippen molar-refractivity contribution >= 4 is 27.1 Å². The third-order valence-electron chi connectivity index (χ3n) is 5.70. The second-order valence-corrected chi connectivity index (χ2v) is 11.0. The standard InChI is InChI=1S/C23H23N3O3S2/c27-23(13-17-3-7-19(8-4-17)25-10-1-2-11-25)26(20-9-12-31(28,29)16-20)14-22-24-21(15-30-22)18-5-6-18/h1-4,7-12,15,18,20H,5-6,13-14,16H2/t20-/m1/s1. The number of amides is 1. The molecule has 0 spiro atoms. The van der Waals surface area contributed by atoms with E-state index in [2.05, 4.69) is 5.38 Å². The molecule has 0 unspecified atom stereocenters. The molecule has 1 atom stereocenters. The Morgan fingerprint density at radius 2 is 1.90 bits per heavy atom.